The summed E-state index contributed by atoms with van der Waals surface area (Å²) in [6, 6.07) is 0. The molecule has 2 aliphatic heterocycles. The first-order valence-electron chi connectivity index (χ1n) is 6.93. The van der Waals surface area contributed by atoms with E-state index >= 15 is 0 Å². The lowest BCUT2D eigenvalue weighted by Crippen LogP contribution is -2.52. The van der Waals surface area contributed by atoms with Gasteiger partial charge in [0, 0.05) is 0 Å². The number of aromatic nitrogens is 2. The second-order valence-corrected chi connectivity index (χ2v) is 6.10. The standard InChI is InChI=1S/C12H16ClN5O6/c1-4(20)11(8(22)6(21)5(2-19)24-11)18-3-15-7-9(18)16-10(14)17-12(7,13)23/h3,5-6,8,19,21-23H,2H2,1H3,(H3,14,16,17)/t5-,6-,8-,11-,12?/m1/s1. The highest BCUT2D eigenvalue weighted by molar-refractivity contribution is 6.24. The Morgan fingerprint density at radius 1 is 1.58 bits per heavy atom. The Bertz CT molecular complexity index is 721. The van der Waals surface area contributed by atoms with E-state index in [4.69, 9.17) is 22.1 Å². The van der Waals surface area contributed by atoms with Crippen LogP contribution in [0.2, 0.25) is 0 Å². The number of imidazole rings is 1. The average molecular weight is 362 g/mol. The van der Waals surface area contributed by atoms with E-state index in [0.29, 0.717) is 0 Å². The van der Waals surface area contributed by atoms with Gasteiger partial charge >= 0.3 is 0 Å². The van der Waals surface area contributed by atoms with Crippen LogP contribution in [0.25, 0.3) is 0 Å². The van der Waals surface area contributed by atoms with Crippen molar-refractivity contribution in [1.82, 2.24) is 14.9 Å². The van der Waals surface area contributed by atoms with Gasteiger partial charge in [-0.15, -0.1) is 0 Å². The fourth-order valence-corrected chi connectivity index (χ4v) is 3.14. The number of ether oxygens (including phenoxy) is 1. The minimum atomic E-state index is -2.18. The van der Waals surface area contributed by atoms with Crippen molar-refractivity contribution >= 4 is 29.2 Å². The Balaban J connectivity index is 2.21. The van der Waals surface area contributed by atoms with E-state index in [2.05, 4.69) is 15.3 Å². The molecule has 2 aliphatic rings. The molecular formula is C12H16ClN5O6. The van der Waals surface area contributed by atoms with Crippen LogP contribution in [0.1, 0.15) is 12.6 Å². The van der Waals surface area contributed by atoms with Crippen molar-refractivity contribution in [2.45, 2.75) is 36.1 Å². The van der Waals surface area contributed by atoms with Gasteiger partial charge in [-0.05, 0) is 6.92 Å². The molecule has 24 heavy (non-hydrogen) atoms. The lowest BCUT2D eigenvalue weighted by atomic mass is 9.98. The number of alkyl halides is 1. The van der Waals surface area contributed by atoms with Gasteiger partial charge in [0.2, 0.25) is 5.72 Å². The molecule has 1 fully saturated rings. The molecule has 0 bridgehead atoms. The average Bonchev–Trinajstić information content (AvgIpc) is 3.01. The highest BCUT2D eigenvalue weighted by Crippen LogP contribution is 2.43. The smallest absolute Gasteiger partial charge is 0.265 e. The van der Waals surface area contributed by atoms with Gasteiger partial charge in [0.25, 0.3) is 5.18 Å². The van der Waals surface area contributed by atoms with E-state index in [1.54, 1.807) is 0 Å². The Morgan fingerprint density at radius 2 is 2.25 bits per heavy atom. The maximum Gasteiger partial charge on any atom is 0.265 e. The molecule has 0 aromatic carbocycles. The summed E-state index contributed by atoms with van der Waals surface area (Å²) in [7, 11) is 0. The molecule has 11 nitrogen and oxygen atoms in total. The van der Waals surface area contributed by atoms with Gasteiger partial charge in [0.1, 0.15) is 18.3 Å². The van der Waals surface area contributed by atoms with Crippen LogP contribution < -0.4 is 11.1 Å². The first-order valence-corrected chi connectivity index (χ1v) is 7.30. The lowest BCUT2D eigenvalue weighted by Gasteiger charge is -2.33. The summed E-state index contributed by atoms with van der Waals surface area (Å²) in [5.41, 5.74) is 3.28. The second kappa shape index (κ2) is 5.37. The van der Waals surface area contributed by atoms with Crippen molar-refractivity contribution in [2.75, 3.05) is 6.61 Å². The number of aliphatic hydroxyl groups is 4. The van der Waals surface area contributed by atoms with Crippen LogP contribution in [0, 0.1) is 0 Å². The molecule has 1 saturated heterocycles. The van der Waals surface area contributed by atoms with Crippen molar-refractivity contribution in [3.63, 3.8) is 0 Å². The number of nitrogens with one attached hydrogen (secondary N) is 1. The SMILES string of the molecule is CC(=O)[C@@]1(n2cnc3c2N=C(N)NC3(O)Cl)O[C@H](CO)[C@@H](O)[C@H]1O. The molecule has 1 aromatic rings. The van der Waals surface area contributed by atoms with Gasteiger partial charge in [-0.3, -0.25) is 9.36 Å². The molecule has 0 amide bonds. The van der Waals surface area contributed by atoms with Crippen LogP contribution in [-0.2, 0) is 20.4 Å². The Morgan fingerprint density at radius 3 is 2.79 bits per heavy atom. The van der Waals surface area contributed by atoms with Crippen LogP contribution >= 0.6 is 11.6 Å². The van der Waals surface area contributed by atoms with Crippen LogP contribution in [0.4, 0.5) is 5.82 Å². The molecule has 132 valence electrons. The largest absolute Gasteiger partial charge is 0.394 e. The lowest BCUT2D eigenvalue weighted by molar-refractivity contribution is -0.172. The maximum atomic E-state index is 12.3. The third kappa shape index (κ3) is 2.13. The number of guanidine groups is 1. The predicted molar refractivity (Wildman–Crippen MR) is 79.0 cm³/mol. The van der Waals surface area contributed by atoms with E-state index in [9.17, 15) is 25.2 Å². The van der Waals surface area contributed by atoms with Crippen molar-refractivity contribution in [2.24, 2.45) is 10.7 Å². The topological polar surface area (TPSA) is 175 Å². The van der Waals surface area contributed by atoms with E-state index in [-0.39, 0.29) is 17.5 Å². The number of carbonyl (C=O) groups is 1. The number of aliphatic imine (C=N–C) groups is 1. The summed E-state index contributed by atoms with van der Waals surface area (Å²) in [5, 5.41) is 40.0. The Kier molecular flexibility index (Phi) is 3.82. The van der Waals surface area contributed by atoms with Crippen molar-refractivity contribution in [3.05, 3.63) is 12.0 Å². The van der Waals surface area contributed by atoms with E-state index in [1.165, 1.54) is 0 Å². The third-order valence-corrected chi connectivity index (χ3v) is 4.33. The van der Waals surface area contributed by atoms with Gasteiger partial charge in [0.15, 0.2) is 23.3 Å². The van der Waals surface area contributed by atoms with E-state index in [1.807, 2.05) is 0 Å². The Labute approximate surface area is 140 Å². The Hall–Kier alpha value is -1.76. The molecule has 0 aliphatic carbocycles. The number of halogens is 1. The summed E-state index contributed by atoms with van der Waals surface area (Å²) >= 11 is 5.89. The number of Topliss-reactive ketones (excluding diaryl/α,β-unsaturated/α-hetero) is 1. The minimum Gasteiger partial charge on any atom is -0.394 e. The second-order valence-electron chi connectivity index (χ2n) is 5.56. The van der Waals surface area contributed by atoms with Crippen molar-refractivity contribution < 1.29 is 30.0 Å². The third-order valence-electron chi connectivity index (χ3n) is 4.05. The highest BCUT2D eigenvalue weighted by atomic mass is 35.5. The van der Waals surface area contributed by atoms with Crippen molar-refractivity contribution in [3.8, 4) is 0 Å². The summed E-state index contributed by atoms with van der Waals surface area (Å²) in [4.78, 5) is 20.1. The number of hydrogen-bond acceptors (Lipinski definition) is 10. The molecule has 3 rings (SSSR count). The number of carbonyl (C=O) groups excluding carboxylic acids is 1. The van der Waals surface area contributed by atoms with E-state index < -0.39 is 41.6 Å². The number of ketones is 1. The first-order chi connectivity index (χ1) is 11.1. The number of rotatable bonds is 3. The quantitative estimate of drug-likeness (QED) is 0.244. The molecular weight excluding hydrogens is 346 g/mol. The normalized spacial score (nSPS) is 38.4. The van der Waals surface area contributed by atoms with Crippen LogP contribution in [0.3, 0.4) is 0 Å². The number of nitrogens with two attached hydrogens (primary N) is 1. The number of hydrogen-bond donors (Lipinski definition) is 6. The van der Waals surface area contributed by atoms with Gasteiger partial charge in [0.05, 0.1) is 12.9 Å². The van der Waals surface area contributed by atoms with Gasteiger partial charge in [-0.1, -0.05) is 11.6 Å². The number of aliphatic hydroxyl groups excluding tert-OH is 3. The van der Waals surface area contributed by atoms with Crippen LogP contribution in [-0.4, -0.2) is 66.6 Å². The van der Waals surface area contributed by atoms with Crippen LogP contribution in [0.5, 0.6) is 0 Å². The zero-order valence-electron chi connectivity index (χ0n) is 12.4. The maximum absolute atomic E-state index is 12.3. The van der Waals surface area contributed by atoms with Crippen molar-refractivity contribution in [1.29, 1.82) is 0 Å². The fraction of sp³-hybridized carbons (Fsp3) is 0.583. The zero-order chi connectivity index (χ0) is 17.9. The molecule has 0 saturated carbocycles. The van der Waals surface area contributed by atoms with Crippen LogP contribution in [0.15, 0.2) is 11.3 Å². The fourth-order valence-electron chi connectivity index (χ4n) is 2.91. The summed E-state index contributed by atoms with van der Waals surface area (Å²) in [6.07, 6.45) is -3.39. The molecule has 0 radical (unpaired) electrons. The number of nitrogens with zero attached hydrogens (tertiary/aromatic N) is 3. The monoisotopic (exact) mass is 361 g/mol. The molecule has 1 unspecified atom stereocenters. The summed E-state index contributed by atoms with van der Waals surface area (Å²) in [5.74, 6) is -1.08. The van der Waals surface area contributed by atoms with Gasteiger partial charge in [-0.2, -0.15) is 4.99 Å². The zero-order valence-corrected chi connectivity index (χ0v) is 13.2. The molecule has 7 N–H and O–H groups in total. The van der Waals surface area contributed by atoms with Gasteiger partial charge < -0.3 is 36.2 Å². The molecule has 3 heterocycles. The molecule has 1 aromatic heterocycles. The summed E-state index contributed by atoms with van der Waals surface area (Å²) in [6.45, 7) is 0.500. The molecule has 0 spiro atoms. The molecule has 12 heteroatoms. The summed E-state index contributed by atoms with van der Waals surface area (Å²) < 4.78 is 6.49. The molecule has 5 atom stereocenters. The predicted octanol–water partition coefficient (Wildman–Crippen LogP) is -2.87. The highest BCUT2D eigenvalue weighted by Gasteiger charge is 2.60. The van der Waals surface area contributed by atoms with E-state index in [0.717, 1.165) is 17.8 Å². The minimum absolute atomic E-state index is 0.135. The van der Waals surface area contributed by atoms with Gasteiger partial charge in [-0.25, -0.2) is 4.98 Å². The first kappa shape index (κ1) is 17.1. The number of fused-ring (bicyclic) bond motifs is 1.